The molecule has 17 heavy (non-hydrogen) atoms. The highest BCUT2D eigenvalue weighted by molar-refractivity contribution is 9.10. The van der Waals surface area contributed by atoms with Gasteiger partial charge in [-0.1, -0.05) is 46.3 Å². The first kappa shape index (κ1) is 12.1. The maximum absolute atomic E-state index is 10.1. The molecule has 0 saturated carbocycles. The molecule has 0 aliphatic heterocycles. The molecule has 0 bridgehead atoms. The molecule has 2 rings (SSSR count). The van der Waals surface area contributed by atoms with Crippen molar-refractivity contribution in [2.24, 2.45) is 0 Å². The molecule has 3 heteroatoms. The van der Waals surface area contributed by atoms with Crippen LogP contribution in [0.4, 0.5) is 5.69 Å². The minimum atomic E-state index is -0.558. The summed E-state index contributed by atoms with van der Waals surface area (Å²) in [6.45, 7) is 0. The quantitative estimate of drug-likeness (QED) is 0.853. The Kier molecular flexibility index (Phi) is 3.82. The van der Waals surface area contributed by atoms with Crippen molar-refractivity contribution in [1.29, 1.82) is 0 Å². The Labute approximate surface area is 109 Å². The lowest BCUT2D eigenvalue weighted by molar-refractivity contribution is 0.179. The van der Waals surface area contributed by atoms with Crippen LogP contribution in [0, 0.1) is 0 Å². The molecule has 2 aromatic carbocycles. The van der Waals surface area contributed by atoms with Crippen LogP contribution in [0.25, 0.3) is 0 Å². The summed E-state index contributed by atoms with van der Waals surface area (Å²) in [4.78, 5) is 0. The summed E-state index contributed by atoms with van der Waals surface area (Å²) in [7, 11) is 0. The van der Waals surface area contributed by atoms with E-state index in [1.165, 1.54) is 0 Å². The fourth-order valence-corrected chi connectivity index (χ4v) is 2.03. The van der Waals surface area contributed by atoms with Crippen LogP contribution in [-0.2, 0) is 6.42 Å². The van der Waals surface area contributed by atoms with Crippen molar-refractivity contribution in [1.82, 2.24) is 0 Å². The Bertz CT molecular complexity index is 496. The van der Waals surface area contributed by atoms with Gasteiger partial charge in [0.25, 0.3) is 0 Å². The van der Waals surface area contributed by atoms with Crippen molar-refractivity contribution in [3.63, 3.8) is 0 Å². The Morgan fingerprint density at radius 1 is 1.06 bits per heavy atom. The highest BCUT2D eigenvalue weighted by Crippen LogP contribution is 2.23. The second-order valence-electron chi connectivity index (χ2n) is 3.98. The molecule has 0 aromatic heterocycles. The van der Waals surface area contributed by atoms with Gasteiger partial charge >= 0.3 is 0 Å². The summed E-state index contributed by atoms with van der Waals surface area (Å²) in [6, 6.07) is 15.3. The molecule has 0 amide bonds. The van der Waals surface area contributed by atoms with Crippen molar-refractivity contribution in [3.05, 3.63) is 64.1 Å². The lowest BCUT2D eigenvalue weighted by Gasteiger charge is -2.13. The summed E-state index contributed by atoms with van der Waals surface area (Å²) < 4.78 is 1.04. The molecule has 0 aliphatic rings. The molecule has 0 radical (unpaired) electrons. The van der Waals surface area contributed by atoms with Crippen LogP contribution < -0.4 is 5.73 Å². The lowest BCUT2D eigenvalue weighted by Crippen LogP contribution is -2.05. The third kappa shape index (κ3) is 3.08. The van der Waals surface area contributed by atoms with Crippen molar-refractivity contribution >= 4 is 21.6 Å². The highest BCUT2D eigenvalue weighted by atomic mass is 79.9. The van der Waals surface area contributed by atoms with E-state index in [0.29, 0.717) is 12.1 Å². The van der Waals surface area contributed by atoms with E-state index >= 15 is 0 Å². The second-order valence-corrected chi connectivity index (χ2v) is 4.89. The van der Waals surface area contributed by atoms with Crippen molar-refractivity contribution < 1.29 is 5.11 Å². The Balaban J connectivity index is 2.14. The van der Waals surface area contributed by atoms with E-state index in [1.54, 1.807) is 6.07 Å². The van der Waals surface area contributed by atoms with E-state index in [0.717, 1.165) is 15.6 Å². The topological polar surface area (TPSA) is 46.2 Å². The second kappa shape index (κ2) is 5.34. The molecule has 88 valence electrons. The third-order valence-corrected chi connectivity index (χ3v) is 3.23. The summed E-state index contributed by atoms with van der Waals surface area (Å²) in [5.41, 5.74) is 8.34. The maximum atomic E-state index is 10.1. The van der Waals surface area contributed by atoms with Crippen LogP contribution in [0.5, 0.6) is 0 Å². The van der Waals surface area contributed by atoms with Gasteiger partial charge in [-0.25, -0.2) is 0 Å². The smallest absolute Gasteiger partial charge is 0.0850 e. The van der Waals surface area contributed by atoms with Gasteiger partial charge in [0, 0.05) is 22.1 Å². The molecule has 1 atom stereocenters. The SMILES string of the molecule is Nc1ccccc1C(O)Cc1ccc(Br)cc1. The number of nitrogens with two attached hydrogens (primary N) is 1. The number of benzene rings is 2. The number of rotatable bonds is 3. The summed E-state index contributed by atoms with van der Waals surface area (Å²) in [5, 5.41) is 10.1. The number of hydrogen-bond donors (Lipinski definition) is 2. The van der Waals surface area contributed by atoms with E-state index in [4.69, 9.17) is 5.73 Å². The fourth-order valence-electron chi connectivity index (χ4n) is 1.77. The molecule has 2 aromatic rings. The number of halogens is 1. The number of aliphatic hydroxyl groups excluding tert-OH is 1. The van der Waals surface area contributed by atoms with E-state index < -0.39 is 6.10 Å². The average Bonchev–Trinajstić information content (AvgIpc) is 2.32. The van der Waals surface area contributed by atoms with Crippen LogP contribution in [0.1, 0.15) is 17.2 Å². The van der Waals surface area contributed by atoms with Crippen molar-refractivity contribution in [3.8, 4) is 0 Å². The zero-order valence-corrected chi connectivity index (χ0v) is 10.9. The molecule has 0 saturated heterocycles. The lowest BCUT2D eigenvalue weighted by atomic mass is 10.0. The number of para-hydroxylation sites is 1. The normalized spacial score (nSPS) is 12.4. The van der Waals surface area contributed by atoms with Gasteiger partial charge in [-0.2, -0.15) is 0 Å². The standard InChI is InChI=1S/C14H14BrNO/c15-11-7-5-10(6-8-11)9-14(17)12-3-1-2-4-13(12)16/h1-8,14,17H,9,16H2. The molecule has 0 aliphatic carbocycles. The molecule has 0 fully saturated rings. The molecule has 0 heterocycles. The Hall–Kier alpha value is -1.32. The number of hydrogen-bond acceptors (Lipinski definition) is 2. The molecular weight excluding hydrogens is 278 g/mol. The van der Waals surface area contributed by atoms with Gasteiger partial charge in [0.15, 0.2) is 0 Å². The Morgan fingerprint density at radius 2 is 1.71 bits per heavy atom. The fraction of sp³-hybridized carbons (Fsp3) is 0.143. The van der Waals surface area contributed by atoms with Gasteiger partial charge in [-0.05, 0) is 23.8 Å². The summed E-state index contributed by atoms with van der Waals surface area (Å²) in [5.74, 6) is 0. The average molecular weight is 292 g/mol. The maximum Gasteiger partial charge on any atom is 0.0850 e. The minimum absolute atomic E-state index is 0.558. The monoisotopic (exact) mass is 291 g/mol. The third-order valence-electron chi connectivity index (χ3n) is 2.70. The predicted octanol–water partition coefficient (Wildman–Crippen LogP) is 3.31. The predicted molar refractivity (Wildman–Crippen MR) is 73.7 cm³/mol. The van der Waals surface area contributed by atoms with Crippen LogP contribution >= 0.6 is 15.9 Å². The largest absolute Gasteiger partial charge is 0.398 e. The van der Waals surface area contributed by atoms with Gasteiger partial charge < -0.3 is 10.8 Å². The Morgan fingerprint density at radius 3 is 2.35 bits per heavy atom. The molecular formula is C14H14BrNO. The van der Waals surface area contributed by atoms with E-state index in [1.807, 2.05) is 42.5 Å². The van der Waals surface area contributed by atoms with Gasteiger partial charge in [0.05, 0.1) is 6.10 Å². The molecule has 2 nitrogen and oxygen atoms in total. The van der Waals surface area contributed by atoms with Gasteiger partial charge in [-0.3, -0.25) is 0 Å². The number of anilines is 1. The van der Waals surface area contributed by atoms with Crippen molar-refractivity contribution in [2.75, 3.05) is 5.73 Å². The molecule has 1 unspecified atom stereocenters. The zero-order chi connectivity index (χ0) is 12.3. The molecule has 0 spiro atoms. The molecule has 3 N–H and O–H groups in total. The van der Waals surface area contributed by atoms with Gasteiger partial charge in [0.1, 0.15) is 0 Å². The van der Waals surface area contributed by atoms with Gasteiger partial charge in [0.2, 0.25) is 0 Å². The van der Waals surface area contributed by atoms with Crippen LogP contribution in [0.15, 0.2) is 53.0 Å². The van der Waals surface area contributed by atoms with Gasteiger partial charge in [-0.15, -0.1) is 0 Å². The van der Waals surface area contributed by atoms with Crippen molar-refractivity contribution in [2.45, 2.75) is 12.5 Å². The van der Waals surface area contributed by atoms with E-state index in [-0.39, 0.29) is 0 Å². The summed E-state index contributed by atoms with van der Waals surface area (Å²) >= 11 is 3.39. The van der Waals surface area contributed by atoms with Crippen LogP contribution in [-0.4, -0.2) is 5.11 Å². The van der Waals surface area contributed by atoms with E-state index in [2.05, 4.69) is 15.9 Å². The highest BCUT2D eigenvalue weighted by Gasteiger charge is 2.10. The first-order valence-corrected chi connectivity index (χ1v) is 6.23. The first-order chi connectivity index (χ1) is 8.16. The van der Waals surface area contributed by atoms with Crippen LogP contribution in [0.3, 0.4) is 0 Å². The van der Waals surface area contributed by atoms with E-state index in [9.17, 15) is 5.11 Å². The summed E-state index contributed by atoms with van der Waals surface area (Å²) in [6.07, 6.45) is 0.0129. The zero-order valence-electron chi connectivity index (χ0n) is 9.31. The minimum Gasteiger partial charge on any atom is -0.398 e. The first-order valence-electron chi connectivity index (χ1n) is 5.44. The number of aliphatic hydroxyl groups is 1. The number of nitrogen functional groups attached to an aromatic ring is 1. The van der Waals surface area contributed by atoms with Crippen LogP contribution in [0.2, 0.25) is 0 Å².